The highest BCUT2D eigenvalue weighted by molar-refractivity contribution is 9.10. The van der Waals surface area contributed by atoms with E-state index in [0.717, 1.165) is 28.5 Å². The zero-order valence-corrected chi connectivity index (χ0v) is 13.3. The molecule has 1 unspecified atom stereocenters. The molecule has 3 heteroatoms. The molecule has 1 aromatic heterocycles. The number of rotatable bonds is 4. The van der Waals surface area contributed by atoms with E-state index in [0.29, 0.717) is 0 Å². The third kappa shape index (κ3) is 3.49. The first kappa shape index (κ1) is 14.2. The van der Waals surface area contributed by atoms with E-state index in [1.807, 2.05) is 30.3 Å². The van der Waals surface area contributed by atoms with Crippen molar-refractivity contribution in [1.29, 1.82) is 0 Å². The highest BCUT2D eigenvalue weighted by Crippen LogP contribution is 2.18. The first-order chi connectivity index (χ1) is 10.2. The topological polar surface area (TPSA) is 38.9 Å². The van der Waals surface area contributed by atoms with Gasteiger partial charge in [0.2, 0.25) is 0 Å². The fraction of sp³-hybridized carbons (Fsp3) is 0.167. The average Bonchev–Trinajstić information content (AvgIpc) is 2.49. The number of pyridine rings is 1. The molecule has 2 nitrogen and oxygen atoms in total. The van der Waals surface area contributed by atoms with Gasteiger partial charge in [-0.2, -0.15) is 0 Å². The highest BCUT2D eigenvalue weighted by Gasteiger charge is 2.09. The molecule has 0 aliphatic carbocycles. The Labute approximate surface area is 133 Å². The molecule has 0 aliphatic heterocycles. The Morgan fingerprint density at radius 3 is 2.52 bits per heavy atom. The van der Waals surface area contributed by atoms with Crippen LogP contribution in [-0.2, 0) is 12.8 Å². The van der Waals surface area contributed by atoms with Crippen molar-refractivity contribution in [3.8, 4) is 0 Å². The summed E-state index contributed by atoms with van der Waals surface area (Å²) in [5.74, 6) is 0. The number of benzene rings is 2. The van der Waals surface area contributed by atoms with Gasteiger partial charge in [-0.05, 0) is 30.2 Å². The molecule has 0 amide bonds. The Balaban J connectivity index is 1.74. The van der Waals surface area contributed by atoms with E-state index < -0.39 is 0 Å². The first-order valence-electron chi connectivity index (χ1n) is 7.06. The molecule has 0 saturated heterocycles. The molecular formula is C18H17BrN2. The molecule has 0 saturated carbocycles. The Kier molecular flexibility index (Phi) is 4.32. The van der Waals surface area contributed by atoms with Crippen LogP contribution in [0.2, 0.25) is 0 Å². The summed E-state index contributed by atoms with van der Waals surface area (Å²) >= 11 is 3.57. The number of aromatic nitrogens is 1. The number of hydrogen-bond donors (Lipinski definition) is 1. The second kappa shape index (κ2) is 6.37. The normalized spacial score (nSPS) is 12.5. The van der Waals surface area contributed by atoms with Crippen molar-refractivity contribution >= 4 is 26.8 Å². The van der Waals surface area contributed by atoms with Gasteiger partial charge >= 0.3 is 0 Å². The van der Waals surface area contributed by atoms with Gasteiger partial charge < -0.3 is 5.73 Å². The lowest BCUT2D eigenvalue weighted by atomic mass is 10.0. The maximum absolute atomic E-state index is 6.29. The first-order valence-corrected chi connectivity index (χ1v) is 7.85. The van der Waals surface area contributed by atoms with Crippen molar-refractivity contribution in [3.05, 3.63) is 76.4 Å². The van der Waals surface area contributed by atoms with Crippen LogP contribution in [0, 0.1) is 0 Å². The molecule has 21 heavy (non-hydrogen) atoms. The van der Waals surface area contributed by atoms with Gasteiger partial charge in [-0.1, -0.05) is 58.4 Å². The summed E-state index contributed by atoms with van der Waals surface area (Å²) in [5.41, 5.74) is 9.61. The largest absolute Gasteiger partial charge is 0.327 e. The molecule has 1 heterocycles. The third-order valence-corrected chi connectivity index (χ3v) is 4.34. The van der Waals surface area contributed by atoms with Crippen LogP contribution in [0.5, 0.6) is 0 Å². The molecule has 2 N–H and O–H groups in total. The monoisotopic (exact) mass is 340 g/mol. The van der Waals surface area contributed by atoms with Crippen LogP contribution in [0.15, 0.2) is 65.1 Å². The van der Waals surface area contributed by atoms with Gasteiger partial charge in [-0.15, -0.1) is 0 Å². The van der Waals surface area contributed by atoms with Crippen LogP contribution in [-0.4, -0.2) is 11.0 Å². The maximum Gasteiger partial charge on any atom is 0.0705 e. The Morgan fingerprint density at radius 1 is 0.905 bits per heavy atom. The standard InChI is InChI=1S/C18H17BrN2/c19-17-7-3-1-6-14(17)11-15(20)12-16-10-9-13-5-2-4-8-18(13)21-16/h1-10,15H,11-12,20H2. The van der Waals surface area contributed by atoms with Gasteiger partial charge in [0, 0.05) is 28.0 Å². The lowest BCUT2D eigenvalue weighted by molar-refractivity contribution is 0.654. The minimum Gasteiger partial charge on any atom is -0.327 e. The number of nitrogens with two attached hydrogens (primary N) is 1. The van der Waals surface area contributed by atoms with Crippen molar-refractivity contribution in [2.24, 2.45) is 5.73 Å². The molecule has 0 fully saturated rings. The number of fused-ring (bicyclic) bond motifs is 1. The summed E-state index contributed by atoms with van der Waals surface area (Å²) in [5, 5.41) is 1.17. The van der Waals surface area contributed by atoms with E-state index in [1.165, 1.54) is 10.9 Å². The molecule has 106 valence electrons. The van der Waals surface area contributed by atoms with Crippen LogP contribution in [0.3, 0.4) is 0 Å². The molecule has 0 aliphatic rings. The minimum absolute atomic E-state index is 0.0670. The Morgan fingerprint density at radius 2 is 1.67 bits per heavy atom. The van der Waals surface area contributed by atoms with Crippen molar-refractivity contribution in [1.82, 2.24) is 4.98 Å². The smallest absolute Gasteiger partial charge is 0.0705 e. The summed E-state index contributed by atoms with van der Waals surface area (Å²) in [6.07, 6.45) is 1.63. The van der Waals surface area contributed by atoms with Gasteiger partial charge in [0.05, 0.1) is 5.52 Å². The summed E-state index contributed by atoms with van der Waals surface area (Å²) in [6, 6.07) is 20.6. The molecule has 3 rings (SSSR count). The maximum atomic E-state index is 6.29. The van der Waals surface area contributed by atoms with E-state index in [2.05, 4.69) is 51.2 Å². The molecular weight excluding hydrogens is 324 g/mol. The van der Waals surface area contributed by atoms with Gasteiger partial charge in [-0.25, -0.2) is 0 Å². The van der Waals surface area contributed by atoms with Gasteiger partial charge in [-0.3, -0.25) is 4.98 Å². The van der Waals surface area contributed by atoms with E-state index >= 15 is 0 Å². The summed E-state index contributed by atoms with van der Waals surface area (Å²) in [4.78, 5) is 4.69. The number of hydrogen-bond acceptors (Lipinski definition) is 2. The quantitative estimate of drug-likeness (QED) is 0.776. The number of nitrogens with zero attached hydrogens (tertiary/aromatic N) is 1. The third-order valence-electron chi connectivity index (χ3n) is 3.57. The van der Waals surface area contributed by atoms with E-state index in [1.54, 1.807) is 0 Å². The molecule has 0 radical (unpaired) electrons. The Hall–Kier alpha value is -1.71. The van der Waals surface area contributed by atoms with Crippen molar-refractivity contribution in [2.45, 2.75) is 18.9 Å². The van der Waals surface area contributed by atoms with Crippen LogP contribution >= 0.6 is 15.9 Å². The number of halogens is 1. The Bertz CT molecular complexity index is 755. The van der Waals surface area contributed by atoms with Crippen molar-refractivity contribution < 1.29 is 0 Å². The van der Waals surface area contributed by atoms with Crippen LogP contribution in [0.25, 0.3) is 10.9 Å². The summed E-state index contributed by atoms with van der Waals surface area (Å²) in [7, 11) is 0. The summed E-state index contributed by atoms with van der Waals surface area (Å²) in [6.45, 7) is 0. The lowest BCUT2D eigenvalue weighted by Gasteiger charge is -2.13. The predicted molar refractivity (Wildman–Crippen MR) is 91.3 cm³/mol. The molecule has 3 aromatic rings. The molecule has 1 atom stereocenters. The van der Waals surface area contributed by atoms with Crippen LogP contribution < -0.4 is 5.73 Å². The second-order valence-electron chi connectivity index (χ2n) is 5.26. The van der Waals surface area contributed by atoms with Crippen LogP contribution in [0.1, 0.15) is 11.3 Å². The van der Waals surface area contributed by atoms with Gasteiger partial charge in [0.1, 0.15) is 0 Å². The number of para-hydroxylation sites is 1. The predicted octanol–water partition coefficient (Wildman–Crippen LogP) is 4.11. The lowest BCUT2D eigenvalue weighted by Crippen LogP contribution is -2.26. The van der Waals surface area contributed by atoms with Gasteiger partial charge in [0.15, 0.2) is 0 Å². The van der Waals surface area contributed by atoms with E-state index in [-0.39, 0.29) is 6.04 Å². The summed E-state index contributed by atoms with van der Waals surface area (Å²) < 4.78 is 1.12. The zero-order valence-electron chi connectivity index (χ0n) is 11.7. The van der Waals surface area contributed by atoms with Crippen LogP contribution in [0.4, 0.5) is 0 Å². The second-order valence-corrected chi connectivity index (χ2v) is 6.11. The fourth-order valence-corrected chi connectivity index (χ4v) is 2.96. The molecule has 0 spiro atoms. The average molecular weight is 341 g/mol. The SMILES string of the molecule is NC(Cc1ccc2ccccc2n1)Cc1ccccc1Br. The van der Waals surface area contributed by atoms with E-state index in [9.17, 15) is 0 Å². The molecule has 2 aromatic carbocycles. The van der Waals surface area contributed by atoms with Crippen molar-refractivity contribution in [3.63, 3.8) is 0 Å². The highest BCUT2D eigenvalue weighted by atomic mass is 79.9. The molecule has 0 bridgehead atoms. The van der Waals surface area contributed by atoms with E-state index in [4.69, 9.17) is 5.73 Å². The zero-order chi connectivity index (χ0) is 14.7. The minimum atomic E-state index is 0.0670. The fourth-order valence-electron chi connectivity index (χ4n) is 2.51. The van der Waals surface area contributed by atoms with Gasteiger partial charge in [0.25, 0.3) is 0 Å². The van der Waals surface area contributed by atoms with Crippen molar-refractivity contribution in [2.75, 3.05) is 0 Å².